The highest BCUT2D eigenvalue weighted by Gasteiger charge is 2.25. The van der Waals surface area contributed by atoms with Crippen molar-refractivity contribution < 1.29 is 4.74 Å². The Labute approximate surface area is 119 Å². The summed E-state index contributed by atoms with van der Waals surface area (Å²) in [5.74, 6) is 2.64. The van der Waals surface area contributed by atoms with Gasteiger partial charge in [0.15, 0.2) is 0 Å². The third-order valence-electron chi connectivity index (χ3n) is 3.37. The predicted octanol–water partition coefficient (Wildman–Crippen LogP) is 3.26. The summed E-state index contributed by atoms with van der Waals surface area (Å²) in [4.78, 5) is 11.1. The molecule has 0 atom stereocenters. The largest absolute Gasteiger partial charge is 0.488 e. The predicted molar refractivity (Wildman–Crippen MR) is 81.3 cm³/mol. The maximum absolute atomic E-state index is 5.89. The number of ether oxygens (including phenoxy) is 1. The van der Waals surface area contributed by atoms with Crippen LogP contribution in [0.25, 0.3) is 10.9 Å². The molecule has 1 fully saturated rings. The molecule has 4 nitrogen and oxygen atoms in total. The van der Waals surface area contributed by atoms with E-state index in [0.717, 1.165) is 41.5 Å². The smallest absolute Gasteiger partial charge is 0.139 e. The molecule has 0 saturated carbocycles. The number of hydrogen-bond donors (Lipinski definition) is 0. The van der Waals surface area contributed by atoms with Crippen LogP contribution in [0.3, 0.4) is 0 Å². The lowest BCUT2D eigenvalue weighted by molar-refractivity contribution is 0.131. The number of hydrogen-bond acceptors (Lipinski definition) is 4. The lowest BCUT2D eigenvalue weighted by Crippen LogP contribution is -2.45. The van der Waals surface area contributed by atoms with Crippen molar-refractivity contribution >= 4 is 16.7 Å². The van der Waals surface area contributed by atoms with E-state index in [1.807, 2.05) is 32.9 Å². The summed E-state index contributed by atoms with van der Waals surface area (Å²) in [6.45, 7) is 10.5. The van der Waals surface area contributed by atoms with Crippen molar-refractivity contribution in [1.82, 2.24) is 9.97 Å². The molecule has 0 spiro atoms. The van der Waals surface area contributed by atoms with E-state index in [-0.39, 0.29) is 5.60 Å². The number of rotatable bonds is 2. The molecule has 1 aromatic heterocycles. The van der Waals surface area contributed by atoms with Gasteiger partial charge in [0, 0.05) is 24.5 Å². The number of aromatic nitrogens is 2. The van der Waals surface area contributed by atoms with Gasteiger partial charge >= 0.3 is 0 Å². The summed E-state index contributed by atoms with van der Waals surface area (Å²) in [7, 11) is 0. The van der Waals surface area contributed by atoms with Crippen LogP contribution in [0.15, 0.2) is 24.5 Å². The molecule has 0 N–H and O–H groups in total. The highest BCUT2D eigenvalue weighted by atomic mass is 16.5. The molecule has 106 valence electrons. The van der Waals surface area contributed by atoms with Crippen LogP contribution in [0.2, 0.25) is 0 Å². The van der Waals surface area contributed by atoms with E-state index in [4.69, 9.17) is 4.74 Å². The zero-order chi connectivity index (χ0) is 14.3. The van der Waals surface area contributed by atoms with Crippen molar-refractivity contribution in [1.29, 1.82) is 0 Å². The molecule has 1 aliphatic rings. The molecule has 0 amide bonds. The summed E-state index contributed by atoms with van der Waals surface area (Å²) in [6.07, 6.45) is 1.64. The van der Waals surface area contributed by atoms with Gasteiger partial charge in [0.05, 0.1) is 5.52 Å². The van der Waals surface area contributed by atoms with Crippen LogP contribution < -0.4 is 9.64 Å². The first kappa shape index (κ1) is 13.2. The van der Waals surface area contributed by atoms with E-state index in [2.05, 4.69) is 27.9 Å². The van der Waals surface area contributed by atoms with Gasteiger partial charge in [-0.2, -0.15) is 0 Å². The second kappa shape index (κ2) is 4.62. The molecule has 2 heterocycles. The fraction of sp³-hybridized carbons (Fsp3) is 0.500. The average Bonchev–Trinajstić information content (AvgIpc) is 2.32. The molecule has 1 aliphatic heterocycles. The van der Waals surface area contributed by atoms with E-state index in [9.17, 15) is 0 Å². The van der Waals surface area contributed by atoms with Crippen molar-refractivity contribution in [2.24, 2.45) is 5.92 Å². The molecule has 0 aliphatic carbocycles. The molecule has 3 rings (SSSR count). The third-order valence-corrected chi connectivity index (χ3v) is 3.37. The van der Waals surface area contributed by atoms with Crippen molar-refractivity contribution in [3.63, 3.8) is 0 Å². The lowest BCUT2D eigenvalue weighted by atomic mass is 10.0. The normalized spacial score (nSPS) is 16.3. The van der Waals surface area contributed by atoms with Crippen LogP contribution in [-0.2, 0) is 0 Å². The number of benzene rings is 1. The van der Waals surface area contributed by atoms with Gasteiger partial charge in [-0.25, -0.2) is 9.97 Å². The highest BCUT2D eigenvalue weighted by molar-refractivity contribution is 5.90. The number of anilines is 1. The van der Waals surface area contributed by atoms with Crippen molar-refractivity contribution in [2.45, 2.75) is 33.3 Å². The zero-order valence-electron chi connectivity index (χ0n) is 12.6. The quantitative estimate of drug-likeness (QED) is 0.840. The Hall–Kier alpha value is -1.84. The van der Waals surface area contributed by atoms with Crippen molar-refractivity contribution in [3.05, 3.63) is 24.5 Å². The maximum Gasteiger partial charge on any atom is 0.139 e. The molecule has 4 heteroatoms. The summed E-state index contributed by atoms with van der Waals surface area (Å²) < 4.78 is 5.89. The first-order valence-electron chi connectivity index (χ1n) is 7.11. The molecule has 1 saturated heterocycles. The van der Waals surface area contributed by atoms with Gasteiger partial charge in [0.2, 0.25) is 0 Å². The summed E-state index contributed by atoms with van der Waals surface area (Å²) >= 11 is 0. The standard InChI is InChI=1S/C16H21N3O/c1-11-8-19(9-11)15-13-6-5-12(20-16(2,3)4)7-14(13)17-10-18-15/h5-7,10-11H,8-9H2,1-4H3. The Morgan fingerprint density at radius 1 is 1.20 bits per heavy atom. The van der Waals surface area contributed by atoms with Gasteiger partial charge in [0.25, 0.3) is 0 Å². The van der Waals surface area contributed by atoms with Crippen molar-refractivity contribution in [3.8, 4) is 5.75 Å². The first-order chi connectivity index (χ1) is 9.42. The average molecular weight is 271 g/mol. The minimum absolute atomic E-state index is 0.198. The molecule has 1 aromatic carbocycles. The topological polar surface area (TPSA) is 38.2 Å². The monoisotopic (exact) mass is 271 g/mol. The second-order valence-corrected chi connectivity index (χ2v) is 6.60. The van der Waals surface area contributed by atoms with Crippen LogP contribution >= 0.6 is 0 Å². The van der Waals surface area contributed by atoms with Gasteiger partial charge in [-0.3, -0.25) is 0 Å². The highest BCUT2D eigenvalue weighted by Crippen LogP contribution is 2.31. The van der Waals surface area contributed by atoms with E-state index < -0.39 is 0 Å². The Bertz CT molecular complexity index is 627. The second-order valence-electron chi connectivity index (χ2n) is 6.60. The molecule has 0 radical (unpaired) electrons. The molecule has 20 heavy (non-hydrogen) atoms. The Morgan fingerprint density at radius 3 is 2.60 bits per heavy atom. The summed E-state index contributed by atoms with van der Waals surface area (Å²) in [5.41, 5.74) is 0.743. The molecule has 2 aromatic rings. The van der Waals surface area contributed by atoms with E-state index >= 15 is 0 Å². The van der Waals surface area contributed by atoms with Gasteiger partial charge in [0.1, 0.15) is 23.5 Å². The van der Waals surface area contributed by atoms with Gasteiger partial charge < -0.3 is 9.64 Å². The van der Waals surface area contributed by atoms with Crippen LogP contribution in [0.1, 0.15) is 27.7 Å². The fourth-order valence-electron chi connectivity index (χ4n) is 2.56. The Morgan fingerprint density at radius 2 is 1.95 bits per heavy atom. The minimum Gasteiger partial charge on any atom is -0.488 e. The van der Waals surface area contributed by atoms with Crippen LogP contribution in [0.4, 0.5) is 5.82 Å². The first-order valence-corrected chi connectivity index (χ1v) is 7.11. The zero-order valence-corrected chi connectivity index (χ0v) is 12.6. The maximum atomic E-state index is 5.89. The Balaban J connectivity index is 1.96. The molecular weight excluding hydrogens is 250 g/mol. The lowest BCUT2D eigenvalue weighted by Gasteiger charge is -2.38. The molecule has 0 bridgehead atoms. The van der Waals surface area contributed by atoms with Crippen LogP contribution in [0, 0.1) is 5.92 Å². The van der Waals surface area contributed by atoms with Crippen LogP contribution in [-0.4, -0.2) is 28.7 Å². The van der Waals surface area contributed by atoms with Gasteiger partial charge in [-0.1, -0.05) is 6.92 Å². The minimum atomic E-state index is -0.198. The van der Waals surface area contributed by atoms with Gasteiger partial charge in [-0.05, 0) is 38.8 Å². The Kier molecular flexibility index (Phi) is 3.04. The SMILES string of the molecule is CC1CN(c2ncnc3cc(OC(C)(C)C)ccc23)C1. The molecular formula is C16H21N3O. The van der Waals surface area contributed by atoms with Crippen LogP contribution in [0.5, 0.6) is 5.75 Å². The van der Waals surface area contributed by atoms with E-state index in [0.29, 0.717) is 0 Å². The third kappa shape index (κ3) is 2.55. The van der Waals surface area contributed by atoms with Crippen molar-refractivity contribution in [2.75, 3.05) is 18.0 Å². The molecule has 0 unspecified atom stereocenters. The van der Waals surface area contributed by atoms with Gasteiger partial charge in [-0.15, -0.1) is 0 Å². The van der Waals surface area contributed by atoms with E-state index in [1.165, 1.54) is 0 Å². The fourth-order valence-corrected chi connectivity index (χ4v) is 2.56. The van der Waals surface area contributed by atoms with E-state index in [1.54, 1.807) is 6.33 Å². The summed E-state index contributed by atoms with van der Waals surface area (Å²) in [5, 5.41) is 1.10. The number of fused-ring (bicyclic) bond motifs is 1. The summed E-state index contributed by atoms with van der Waals surface area (Å²) in [6, 6.07) is 6.06. The number of nitrogens with zero attached hydrogens (tertiary/aromatic N) is 3.